The average molecular weight is 235 g/mol. The molecule has 1 unspecified atom stereocenters. The highest BCUT2D eigenvalue weighted by Gasteiger charge is 2.15. The molecule has 0 radical (unpaired) electrons. The second-order valence-corrected chi connectivity index (χ2v) is 4.75. The molecule has 1 saturated heterocycles. The highest BCUT2D eigenvalue weighted by atomic mass is 16.5. The lowest BCUT2D eigenvalue weighted by molar-refractivity contribution is 0.0821. The van der Waals surface area contributed by atoms with Gasteiger partial charge in [0.25, 0.3) is 0 Å². The monoisotopic (exact) mass is 235 g/mol. The molecule has 1 fully saturated rings. The van der Waals surface area contributed by atoms with Gasteiger partial charge in [0.2, 0.25) is 0 Å². The fourth-order valence-electron chi connectivity index (χ4n) is 2.28. The minimum absolute atomic E-state index is 0.117. The summed E-state index contributed by atoms with van der Waals surface area (Å²) in [6.45, 7) is 7.12. The maximum absolute atomic E-state index is 9.17. The van der Waals surface area contributed by atoms with Gasteiger partial charge in [-0.05, 0) is 43.5 Å². The largest absolute Gasteiger partial charge is 0.392 e. The van der Waals surface area contributed by atoms with Gasteiger partial charge in [0.15, 0.2) is 0 Å². The summed E-state index contributed by atoms with van der Waals surface area (Å²) in [6.07, 6.45) is 1.36. The quantitative estimate of drug-likeness (QED) is 0.852. The van der Waals surface area contributed by atoms with Crippen molar-refractivity contribution in [2.75, 3.05) is 24.6 Å². The number of rotatable bonds is 2. The second-order valence-electron chi connectivity index (χ2n) is 4.75. The molecule has 0 bridgehead atoms. The molecule has 17 heavy (non-hydrogen) atoms. The molecule has 3 nitrogen and oxygen atoms in total. The summed E-state index contributed by atoms with van der Waals surface area (Å²) in [5, 5.41) is 9.17. The van der Waals surface area contributed by atoms with E-state index in [2.05, 4.69) is 24.0 Å². The number of aliphatic hydroxyl groups is 1. The molecular weight excluding hydrogens is 214 g/mol. The van der Waals surface area contributed by atoms with Gasteiger partial charge in [0, 0.05) is 25.4 Å². The van der Waals surface area contributed by atoms with Gasteiger partial charge in [0.05, 0.1) is 12.7 Å². The Balaban J connectivity index is 2.17. The Labute approximate surface area is 103 Å². The number of nitrogens with zero attached hydrogens (tertiary/aromatic N) is 1. The van der Waals surface area contributed by atoms with Gasteiger partial charge in [-0.1, -0.05) is 6.07 Å². The Hall–Kier alpha value is -1.06. The molecule has 1 aromatic rings. The van der Waals surface area contributed by atoms with Crippen LogP contribution in [0.4, 0.5) is 5.69 Å². The SMILES string of the molecule is Cc1cc(N2CCCOC(C)C2)ccc1CO. The van der Waals surface area contributed by atoms with Crippen LogP contribution in [0.1, 0.15) is 24.5 Å². The van der Waals surface area contributed by atoms with Crippen LogP contribution in [0.25, 0.3) is 0 Å². The van der Waals surface area contributed by atoms with Gasteiger partial charge in [-0.2, -0.15) is 0 Å². The minimum atomic E-state index is 0.117. The molecular formula is C14H21NO2. The number of ether oxygens (including phenoxy) is 1. The average Bonchev–Trinajstić information content (AvgIpc) is 2.54. The minimum Gasteiger partial charge on any atom is -0.392 e. The van der Waals surface area contributed by atoms with Crippen LogP contribution in [-0.4, -0.2) is 30.9 Å². The number of anilines is 1. The fraction of sp³-hybridized carbons (Fsp3) is 0.571. The molecule has 1 atom stereocenters. The van der Waals surface area contributed by atoms with Crippen LogP contribution in [0.15, 0.2) is 18.2 Å². The zero-order valence-corrected chi connectivity index (χ0v) is 10.6. The smallest absolute Gasteiger partial charge is 0.0721 e. The van der Waals surface area contributed by atoms with Gasteiger partial charge >= 0.3 is 0 Å². The summed E-state index contributed by atoms with van der Waals surface area (Å²) in [6, 6.07) is 6.27. The lowest BCUT2D eigenvalue weighted by Crippen LogP contribution is -2.30. The van der Waals surface area contributed by atoms with Crippen LogP contribution in [-0.2, 0) is 11.3 Å². The summed E-state index contributed by atoms with van der Waals surface area (Å²) in [5.41, 5.74) is 3.40. The lowest BCUT2D eigenvalue weighted by atomic mass is 10.1. The standard InChI is InChI=1S/C14H21NO2/c1-11-8-14(5-4-13(11)10-16)15-6-3-7-17-12(2)9-15/h4-5,8,12,16H,3,6-7,9-10H2,1-2H3. The van der Waals surface area contributed by atoms with Crippen LogP contribution < -0.4 is 4.90 Å². The van der Waals surface area contributed by atoms with E-state index >= 15 is 0 Å². The molecule has 3 heteroatoms. The molecule has 1 heterocycles. The van der Waals surface area contributed by atoms with Crippen molar-refractivity contribution in [2.45, 2.75) is 33.0 Å². The molecule has 94 valence electrons. The van der Waals surface area contributed by atoms with Crippen LogP contribution >= 0.6 is 0 Å². The van der Waals surface area contributed by atoms with E-state index in [0.717, 1.165) is 37.2 Å². The summed E-state index contributed by atoms with van der Waals surface area (Å²) >= 11 is 0. The number of hydrogen-bond donors (Lipinski definition) is 1. The van der Waals surface area contributed by atoms with Gasteiger partial charge < -0.3 is 14.7 Å². The topological polar surface area (TPSA) is 32.7 Å². The summed E-state index contributed by atoms with van der Waals surface area (Å²) < 4.78 is 5.65. The fourth-order valence-corrected chi connectivity index (χ4v) is 2.28. The number of aryl methyl sites for hydroxylation is 1. The van der Waals surface area contributed by atoms with E-state index in [1.54, 1.807) is 0 Å². The van der Waals surface area contributed by atoms with E-state index in [4.69, 9.17) is 4.74 Å². The second kappa shape index (κ2) is 5.52. The third kappa shape index (κ3) is 2.99. The van der Waals surface area contributed by atoms with Crippen molar-refractivity contribution in [2.24, 2.45) is 0 Å². The molecule has 0 aliphatic carbocycles. The third-order valence-corrected chi connectivity index (χ3v) is 3.31. The van der Waals surface area contributed by atoms with Crippen molar-refractivity contribution in [3.05, 3.63) is 29.3 Å². The van der Waals surface area contributed by atoms with Crippen LogP contribution in [0.5, 0.6) is 0 Å². The summed E-state index contributed by atoms with van der Waals surface area (Å²) in [7, 11) is 0. The van der Waals surface area contributed by atoms with E-state index in [-0.39, 0.29) is 12.7 Å². The summed E-state index contributed by atoms with van der Waals surface area (Å²) in [5.74, 6) is 0. The Morgan fingerprint density at radius 3 is 3.00 bits per heavy atom. The van der Waals surface area contributed by atoms with Gasteiger partial charge in [-0.25, -0.2) is 0 Å². The Morgan fingerprint density at radius 2 is 2.29 bits per heavy atom. The normalized spacial score (nSPS) is 21.4. The molecule has 0 aromatic heterocycles. The zero-order valence-electron chi connectivity index (χ0n) is 10.6. The summed E-state index contributed by atoms with van der Waals surface area (Å²) in [4.78, 5) is 2.37. The number of hydrogen-bond acceptors (Lipinski definition) is 3. The molecule has 0 amide bonds. The molecule has 1 N–H and O–H groups in total. The number of aliphatic hydroxyl groups excluding tert-OH is 1. The lowest BCUT2D eigenvalue weighted by Gasteiger charge is -2.25. The Morgan fingerprint density at radius 1 is 1.47 bits per heavy atom. The van der Waals surface area contributed by atoms with E-state index in [9.17, 15) is 5.11 Å². The van der Waals surface area contributed by atoms with Crippen molar-refractivity contribution < 1.29 is 9.84 Å². The molecule has 1 aliphatic rings. The zero-order chi connectivity index (χ0) is 12.3. The van der Waals surface area contributed by atoms with E-state index in [0.29, 0.717) is 0 Å². The van der Waals surface area contributed by atoms with Crippen LogP contribution in [0.2, 0.25) is 0 Å². The Bertz CT molecular complexity index is 378. The van der Waals surface area contributed by atoms with Crippen molar-refractivity contribution in [3.63, 3.8) is 0 Å². The van der Waals surface area contributed by atoms with Crippen molar-refractivity contribution in [3.8, 4) is 0 Å². The maximum atomic E-state index is 9.17. The highest BCUT2D eigenvalue weighted by Crippen LogP contribution is 2.21. The van der Waals surface area contributed by atoms with E-state index in [1.165, 1.54) is 5.69 Å². The molecule has 1 aliphatic heterocycles. The first-order chi connectivity index (χ1) is 8.20. The third-order valence-electron chi connectivity index (χ3n) is 3.31. The molecule has 2 rings (SSSR count). The Kier molecular flexibility index (Phi) is 4.02. The predicted octanol–water partition coefficient (Wildman–Crippen LogP) is 2.10. The predicted molar refractivity (Wildman–Crippen MR) is 69.3 cm³/mol. The van der Waals surface area contributed by atoms with Gasteiger partial charge in [0.1, 0.15) is 0 Å². The highest BCUT2D eigenvalue weighted by molar-refractivity contribution is 5.51. The van der Waals surface area contributed by atoms with Crippen molar-refractivity contribution in [1.82, 2.24) is 0 Å². The molecule has 0 saturated carbocycles. The van der Waals surface area contributed by atoms with E-state index < -0.39 is 0 Å². The first-order valence-electron chi connectivity index (χ1n) is 6.27. The van der Waals surface area contributed by atoms with E-state index in [1.807, 2.05) is 13.0 Å². The molecule has 1 aromatic carbocycles. The van der Waals surface area contributed by atoms with Crippen molar-refractivity contribution >= 4 is 5.69 Å². The first kappa shape index (κ1) is 12.4. The van der Waals surface area contributed by atoms with Crippen LogP contribution in [0, 0.1) is 6.92 Å². The molecule has 0 spiro atoms. The maximum Gasteiger partial charge on any atom is 0.0721 e. The van der Waals surface area contributed by atoms with Gasteiger partial charge in [-0.3, -0.25) is 0 Å². The van der Waals surface area contributed by atoms with Gasteiger partial charge in [-0.15, -0.1) is 0 Å². The number of benzene rings is 1. The van der Waals surface area contributed by atoms with Crippen molar-refractivity contribution in [1.29, 1.82) is 0 Å². The first-order valence-corrected chi connectivity index (χ1v) is 6.27. The van der Waals surface area contributed by atoms with Crippen LogP contribution in [0.3, 0.4) is 0 Å².